The molecule has 134 valence electrons. The standard InChI is InChI=1S/C18H28N2O4/c1-3-5-6-14-24-16-10-8-15(9-11-16)20-18(22)17(21)19-12-7-13-23-4-2/h8-11H,3-7,12-14H2,1-2H3,(H,19,21)(H,20,22). The molecule has 0 aliphatic carbocycles. The van der Waals surface area contributed by atoms with E-state index in [9.17, 15) is 9.59 Å². The number of nitrogens with one attached hydrogen (secondary N) is 2. The maximum atomic E-state index is 11.8. The maximum absolute atomic E-state index is 11.8. The third kappa shape index (κ3) is 8.53. The average molecular weight is 336 g/mol. The topological polar surface area (TPSA) is 76.7 Å². The fraction of sp³-hybridized carbons (Fsp3) is 0.556. The lowest BCUT2D eigenvalue weighted by molar-refractivity contribution is -0.136. The Morgan fingerprint density at radius 1 is 0.958 bits per heavy atom. The summed E-state index contributed by atoms with van der Waals surface area (Å²) in [6.07, 6.45) is 4.01. The highest BCUT2D eigenvalue weighted by Crippen LogP contribution is 2.16. The van der Waals surface area contributed by atoms with Crippen LogP contribution < -0.4 is 15.4 Å². The van der Waals surface area contributed by atoms with Crippen LogP contribution in [0, 0.1) is 0 Å². The summed E-state index contributed by atoms with van der Waals surface area (Å²) in [7, 11) is 0. The predicted molar refractivity (Wildman–Crippen MR) is 94.2 cm³/mol. The van der Waals surface area contributed by atoms with E-state index in [0.717, 1.165) is 25.0 Å². The smallest absolute Gasteiger partial charge is 0.313 e. The lowest BCUT2D eigenvalue weighted by atomic mass is 10.2. The van der Waals surface area contributed by atoms with Gasteiger partial charge in [-0.05, 0) is 44.0 Å². The van der Waals surface area contributed by atoms with E-state index >= 15 is 0 Å². The minimum Gasteiger partial charge on any atom is -0.494 e. The van der Waals surface area contributed by atoms with Gasteiger partial charge in [-0.25, -0.2) is 0 Å². The Morgan fingerprint density at radius 2 is 1.71 bits per heavy atom. The van der Waals surface area contributed by atoms with Gasteiger partial charge >= 0.3 is 11.8 Å². The zero-order valence-corrected chi connectivity index (χ0v) is 14.6. The highest BCUT2D eigenvalue weighted by molar-refractivity contribution is 6.39. The highest BCUT2D eigenvalue weighted by atomic mass is 16.5. The summed E-state index contributed by atoms with van der Waals surface area (Å²) in [5, 5.41) is 5.12. The first-order valence-electron chi connectivity index (χ1n) is 8.57. The molecular formula is C18H28N2O4. The predicted octanol–water partition coefficient (Wildman–Crippen LogP) is 2.74. The van der Waals surface area contributed by atoms with Gasteiger partial charge in [0.25, 0.3) is 0 Å². The number of hydrogen-bond donors (Lipinski definition) is 2. The Morgan fingerprint density at radius 3 is 2.38 bits per heavy atom. The molecule has 0 bridgehead atoms. The van der Waals surface area contributed by atoms with Gasteiger partial charge in [0.2, 0.25) is 0 Å². The number of rotatable bonds is 11. The number of carbonyl (C=O) groups is 2. The van der Waals surface area contributed by atoms with Crippen LogP contribution in [0.1, 0.15) is 39.5 Å². The van der Waals surface area contributed by atoms with Crippen molar-refractivity contribution in [2.75, 3.05) is 31.7 Å². The third-order valence-electron chi connectivity index (χ3n) is 3.29. The van der Waals surface area contributed by atoms with E-state index < -0.39 is 11.8 Å². The normalized spacial score (nSPS) is 10.2. The van der Waals surface area contributed by atoms with Crippen molar-refractivity contribution in [2.24, 2.45) is 0 Å². The minimum absolute atomic E-state index is 0.413. The van der Waals surface area contributed by atoms with Crippen LogP contribution in [0.15, 0.2) is 24.3 Å². The Balaban J connectivity index is 2.29. The zero-order valence-electron chi connectivity index (χ0n) is 14.6. The van der Waals surface area contributed by atoms with E-state index in [-0.39, 0.29) is 0 Å². The lowest BCUT2D eigenvalue weighted by Gasteiger charge is -2.08. The van der Waals surface area contributed by atoms with Crippen molar-refractivity contribution in [1.29, 1.82) is 0 Å². The molecule has 2 amide bonds. The van der Waals surface area contributed by atoms with E-state index in [1.807, 2.05) is 6.92 Å². The van der Waals surface area contributed by atoms with Crippen LogP contribution in [0.5, 0.6) is 5.75 Å². The van der Waals surface area contributed by atoms with Gasteiger partial charge in [0.15, 0.2) is 0 Å². The molecule has 0 heterocycles. The van der Waals surface area contributed by atoms with Gasteiger partial charge in [0, 0.05) is 25.4 Å². The Bertz CT molecular complexity index is 488. The first kappa shape index (κ1) is 20.0. The summed E-state index contributed by atoms with van der Waals surface area (Å²) >= 11 is 0. The van der Waals surface area contributed by atoms with Gasteiger partial charge in [0.1, 0.15) is 5.75 Å². The molecule has 6 heteroatoms. The number of benzene rings is 1. The van der Waals surface area contributed by atoms with Crippen LogP contribution >= 0.6 is 0 Å². The maximum Gasteiger partial charge on any atom is 0.313 e. The molecule has 0 aliphatic rings. The van der Waals surface area contributed by atoms with Gasteiger partial charge in [0.05, 0.1) is 6.61 Å². The summed E-state index contributed by atoms with van der Waals surface area (Å²) in [6.45, 7) is 6.37. The number of unbranched alkanes of at least 4 members (excludes halogenated alkanes) is 2. The molecule has 6 nitrogen and oxygen atoms in total. The van der Waals surface area contributed by atoms with Gasteiger partial charge in [-0.2, -0.15) is 0 Å². The largest absolute Gasteiger partial charge is 0.494 e. The lowest BCUT2D eigenvalue weighted by Crippen LogP contribution is -2.36. The molecule has 2 N–H and O–H groups in total. The van der Waals surface area contributed by atoms with Gasteiger partial charge in [-0.15, -0.1) is 0 Å². The van der Waals surface area contributed by atoms with Crippen molar-refractivity contribution in [2.45, 2.75) is 39.5 Å². The van der Waals surface area contributed by atoms with Crippen LogP contribution in [0.2, 0.25) is 0 Å². The molecule has 0 aliphatic heterocycles. The molecule has 0 atom stereocenters. The third-order valence-corrected chi connectivity index (χ3v) is 3.29. The SMILES string of the molecule is CCCCCOc1ccc(NC(=O)C(=O)NCCCOCC)cc1. The summed E-state index contributed by atoms with van der Waals surface area (Å²) in [4.78, 5) is 23.4. The molecule has 0 radical (unpaired) electrons. The van der Waals surface area contributed by atoms with Crippen LogP contribution in [-0.2, 0) is 14.3 Å². The van der Waals surface area contributed by atoms with Crippen LogP contribution in [0.3, 0.4) is 0 Å². The Labute approximate surface area is 143 Å². The number of ether oxygens (including phenoxy) is 2. The van der Waals surface area contributed by atoms with Gasteiger partial charge in [-0.1, -0.05) is 19.8 Å². The molecule has 0 spiro atoms. The van der Waals surface area contributed by atoms with E-state index in [4.69, 9.17) is 9.47 Å². The van der Waals surface area contributed by atoms with Crippen LogP contribution in [-0.4, -0.2) is 38.2 Å². The number of carbonyl (C=O) groups excluding carboxylic acids is 2. The quantitative estimate of drug-likeness (QED) is 0.481. The molecule has 0 unspecified atom stereocenters. The molecule has 24 heavy (non-hydrogen) atoms. The van der Waals surface area contributed by atoms with Crippen molar-refractivity contribution in [1.82, 2.24) is 5.32 Å². The van der Waals surface area contributed by atoms with Crippen molar-refractivity contribution in [3.05, 3.63) is 24.3 Å². The van der Waals surface area contributed by atoms with E-state index in [1.165, 1.54) is 0 Å². The first-order chi connectivity index (χ1) is 11.7. The summed E-state index contributed by atoms with van der Waals surface area (Å²) in [5.74, 6) is -0.570. The molecule has 0 saturated carbocycles. The molecule has 1 aromatic rings. The first-order valence-corrected chi connectivity index (χ1v) is 8.57. The van der Waals surface area contributed by atoms with Crippen molar-refractivity contribution in [3.63, 3.8) is 0 Å². The second-order valence-electron chi connectivity index (χ2n) is 5.34. The summed E-state index contributed by atoms with van der Waals surface area (Å²) < 4.78 is 10.8. The minimum atomic E-state index is -0.678. The Hall–Kier alpha value is -2.08. The number of hydrogen-bond acceptors (Lipinski definition) is 4. The number of amides is 2. The summed E-state index contributed by atoms with van der Waals surface area (Å²) in [5.41, 5.74) is 0.561. The average Bonchev–Trinajstić information content (AvgIpc) is 2.59. The van der Waals surface area contributed by atoms with Crippen molar-refractivity contribution in [3.8, 4) is 5.75 Å². The van der Waals surface area contributed by atoms with E-state index in [0.29, 0.717) is 38.5 Å². The van der Waals surface area contributed by atoms with Crippen molar-refractivity contribution >= 4 is 17.5 Å². The summed E-state index contributed by atoms with van der Waals surface area (Å²) in [6, 6.07) is 6.99. The highest BCUT2D eigenvalue weighted by Gasteiger charge is 2.12. The monoisotopic (exact) mass is 336 g/mol. The molecule has 1 rings (SSSR count). The van der Waals surface area contributed by atoms with E-state index in [1.54, 1.807) is 24.3 Å². The van der Waals surface area contributed by atoms with Gasteiger partial charge in [-0.3, -0.25) is 9.59 Å². The Kier molecular flexibility index (Phi) is 10.3. The zero-order chi connectivity index (χ0) is 17.6. The fourth-order valence-corrected chi connectivity index (χ4v) is 1.97. The fourth-order valence-electron chi connectivity index (χ4n) is 1.97. The molecule has 0 aromatic heterocycles. The number of anilines is 1. The van der Waals surface area contributed by atoms with Crippen molar-refractivity contribution < 1.29 is 19.1 Å². The van der Waals surface area contributed by atoms with E-state index in [2.05, 4.69) is 17.6 Å². The van der Waals surface area contributed by atoms with Crippen LogP contribution in [0.25, 0.3) is 0 Å². The molecular weight excluding hydrogens is 308 g/mol. The van der Waals surface area contributed by atoms with Gasteiger partial charge < -0.3 is 20.1 Å². The molecule has 0 fully saturated rings. The molecule has 1 aromatic carbocycles. The molecule has 0 saturated heterocycles. The second kappa shape index (κ2) is 12.4. The second-order valence-corrected chi connectivity index (χ2v) is 5.34. The van der Waals surface area contributed by atoms with Crippen LogP contribution in [0.4, 0.5) is 5.69 Å².